The summed E-state index contributed by atoms with van der Waals surface area (Å²) in [5, 5.41) is 10.4. The van der Waals surface area contributed by atoms with Crippen molar-refractivity contribution in [1.82, 2.24) is 9.13 Å². The summed E-state index contributed by atoms with van der Waals surface area (Å²) in [6.07, 6.45) is 2.38. The maximum absolute atomic E-state index is 2.58. The fraction of sp³-hybridized carbons (Fsp3) is 0.174. The van der Waals surface area contributed by atoms with E-state index in [0.29, 0.717) is 0 Å². The molecule has 0 N–H and O–H groups in total. The van der Waals surface area contributed by atoms with E-state index in [2.05, 4.69) is 170 Å². The van der Waals surface area contributed by atoms with E-state index in [1.165, 1.54) is 100 Å². The lowest BCUT2D eigenvalue weighted by molar-refractivity contribution is 0.332. The fourth-order valence-corrected chi connectivity index (χ4v) is 8.95. The van der Waals surface area contributed by atoms with E-state index in [4.69, 9.17) is 0 Å². The second-order valence-corrected chi connectivity index (χ2v) is 15.2. The lowest BCUT2D eigenvalue weighted by atomic mass is 9.63. The number of benzene rings is 7. The monoisotopic (exact) mass is 618 g/mol. The summed E-state index contributed by atoms with van der Waals surface area (Å²) in [7, 11) is 0. The molecule has 48 heavy (non-hydrogen) atoms. The Labute approximate surface area is 280 Å². The third-order valence-corrected chi connectivity index (χ3v) is 11.5. The normalized spacial score (nSPS) is 15.7. The van der Waals surface area contributed by atoms with Crippen LogP contribution in [0.15, 0.2) is 133 Å². The molecule has 0 saturated heterocycles. The van der Waals surface area contributed by atoms with E-state index in [1.807, 2.05) is 0 Å². The van der Waals surface area contributed by atoms with Gasteiger partial charge < -0.3 is 9.13 Å². The molecular formula is C46H38N2. The zero-order valence-electron chi connectivity index (χ0n) is 28.0. The lowest BCUT2D eigenvalue weighted by Gasteiger charge is -2.42. The molecule has 9 aromatic rings. The molecule has 7 aromatic carbocycles. The van der Waals surface area contributed by atoms with Crippen molar-refractivity contribution in [2.75, 3.05) is 0 Å². The predicted octanol–water partition coefficient (Wildman–Crippen LogP) is 12.5. The number of para-hydroxylation sites is 1. The maximum atomic E-state index is 2.58. The Kier molecular flexibility index (Phi) is 5.55. The number of nitrogens with zero attached hydrogens (tertiary/aromatic N) is 2. The molecule has 0 saturated carbocycles. The van der Waals surface area contributed by atoms with E-state index >= 15 is 0 Å². The third kappa shape index (κ3) is 3.69. The number of aromatic nitrogens is 2. The van der Waals surface area contributed by atoms with Crippen molar-refractivity contribution in [3.63, 3.8) is 0 Å². The zero-order valence-corrected chi connectivity index (χ0v) is 28.0. The number of hydrogen-bond donors (Lipinski definition) is 0. The first-order valence-electron chi connectivity index (χ1n) is 17.3. The van der Waals surface area contributed by atoms with Crippen LogP contribution in [0.25, 0.3) is 76.5 Å². The SMILES string of the molecule is CC1(C)CCC(C)(C)c2cc3c(cc21)c1c2c4c5ccccc5ccc4n(-c4cccc5ccccc45)c2ccc1n3-c1ccccc1. The standard InChI is InChI=1S/C46H38N2/c1-45(2)25-26-46(3,4)36-28-41-34(27-35(36)45)43-38(47(41)31-16-6-5-7-17-31)23-24-40-44(43)42-33-19-11-9-14-30(33)21-22-39(42)48(40)37-20-12-15-29-13-8-10-18-32(29)37/h5-24,27-28H,25-26H2,1-4H3. The average molecular weight is 619 g/mol. The van der Waals surface area contributed by atoms with Gasteiger partial charge in [0.25, 0.3) is 0 Å². The topological polar surface area (TPSA) is 9.86 Å². The van der Waals surface area contributed by atoms with Crippen molar-refractivity contribution in [3.8, 4) is 11.4 Å². The van der Waals surface area contributed by atoms with Crippen LogP contribution in [0.2, 0.25) is 0 Å². The molecule has 0 atom stereocenters. The Hall–Kier alpha value is -5.34. The van der Waals surface area contributed by atoms with Crippen molar-refractivity contribution in [2.45, 2.75) is 51.4 Å². The van der Waals surface area contributed by atoms with Crippen LogP contribution in [-0.4, -0.2) is 9.13 Å². The van der Waals surface area contributed by atoms with E-state index in [1.54, 1.807) is 0 Å². The van der Waals surface area contributed by atoms with Crippen molar-refractivity contribution in [1.29, 1.82) is 0 Å². The fourth-order valence-electron chi connectivity index (χ4n) is 8.95. The van der Waals surface area contributed by atoms with E-state index in [0.717, 1.165) is 0 Å². The van der Waals surface area contributed by atoms with Crippen molar-refractivity contribution >= 4 is 65.2 Å². The van der Waals surface area contributed by atoms with Gasteiger partial charge in [0.1, 0.15) is 0 Å². The van der Waals surface area contributed by atoms with Crippen molar-refractivity contribution in [2.24, 2.45) is 0 Å². The molecule has 10 rings (SSSR count). The van der Waals surface area contributed by atoms with Crippen LogP contribution in [0.3, 0.4) is 0 Å². The minimum Gasteiger partial charge on any atom is -0.309 e. The summed E-state index contributed by atoms with van der Waals surface area (Å²) in [5.41, 5.74) is 10.7. The molecular weight excluding hydrogens is 581 g/mol. The molecule has 0 unspecified atom stereocenters. The van der Waals surface area contributed by atoms with Crippen LogP contribution in [0.4, 0.5) is 0 Å². The Bertz CT molecular complexity index is 2770. The smallest absolute Gasteiger partial charge is 0.0549 e. The molecule has 0 amide bonds. The van der Waals surface area contributed by atoms with Crippen LogP contribution in [0.5, 0.6) is 0 Å². The highest BCUT2D eigenvalue weighted by atomic mass is 15.0. The van der Waals surface area contributed by atoms with Gasteiger partial charge in [0.2, 0.25) is 0 Å². The van der Waals surface area contributed by atoms with Crippen LogP contribution in [-0.2, 0) is 10.8 Å². The predicted molar refractivity (Wildman–Crippen MR) is 205 cm³/mol. The number of fused-ring (bicyclic) bond motifs is 11. The van der Waals surface area contributed by atoms with Gasteiger partial charge in [-0.15, -0.1) is 0 Å². The van der Waals surface area contributed by atoms with Gasteiger partial charge in [-0.1, -0.05) is 113 Å². The first-order chi connectivity index (χ1) is 23.3. The van der Waals surface area contributed by atoms with Crippen molar-refractivity contribution < 1.29 is 0 Å². The molecule has 0 aliphatic heterocycles. The minimum atomic E-state index is 0.109. The molecule has 2 aromatic heterocycles. The van der Waals surface area contributed by atoms with E-state index in [-0.39, 0.29) is 10.8 Å². The number of hydrogen-bond acceptors (Lipinski definition) is 0. The molecule has 0 spiro atoms. The summed E-state index contributed by atoms with van der Waals surface area (Å²) in [6.45, 7) is 9.76. The van der Waals surface area contributed by atoms with Crippen LogP contribution < -0.4 is 0 Å². The highest BCUT2D eigenvalue weighted by Crippen LogP contribution is 2.50. The molecule has 1 aliphatic carbocycles. The molecule has 2 nitrogen and oxygen atoms in total. The van der Waals surface area contributed by atoms with Gasteiger partial charge in [-0.25, -0.2) is 0 Å². The van der Waals surface area contributed by atoms with Crippen molar-refractivity contribution in [3.05, 3.63) is 145 Å². The summed E-state index contributed by atoms with van der Waals surface area (Å²) in [6, 6.07) is 49.9. The summed E-state index contributed by atoms with van der Waals surface area (Å²) >= 11 is 0. The molecule has 1 aliphatic rings. The second-order valence-electron chi connectivity index (χ2n) is 15.2. The largest absolute Gasteiger partial charge is 0.309 e. The molecule has 0 radical (unpaired) electrons. The average Bonchev–Trinajstić information content (AvgIpc) is 3.62. The van der Waals surface area contributed by atoms with Crippen LogP contribution >= 0.6 is 0 Å². The Balaban J connectivity index is 1.48. The second kappa shape index (κ2) is 9.61. The van der Waals surface area contributed by atoms with Gasteiger partial charge >= 0.3 is 0 Å². The Morgan fingerprint density at radius 3 is 1.71 bits per heavy atom. The van der Waals surface area contributed by atoms with Crippen LogP contribution in [0.1, 0.15) is 51.7 Å². The first kappa shape index (κ1) is 27.7. The first-order valence-corrected chi connectivity index (χ1v) is 17.3. The quantitative estimate of drug-likeness (QED) is 0.182. The van der Waals surface area contributed by atoms with Gasteiger partial charge in [0.05, 0.1) is 27.8 Å². The molecule has 0 bridgehead atoms. The number of rotatable bonds is 2. The van der Waals surface area contributed by atoms with Gasteiger partial charge in [0.15, 0.2) is 0 Å². The highest BCUT2D eigenvalue weighted by Gasteiger charge is 2.38. The van der Waals surface area contributed by atoms with E-state index < -0.39 is 0 Å². The van der Waals surface area contributed by atoms with Gasteiger partial charge in [0, 0.05) is 32.6 Å². The molecule has 232 valence electrons. The van der Waals surface area contributed by atoms with Gasteiger partial charge in [-0.2, -0.15) is 0 Å². The van der Waals surface area contributed by atoms with E-state index in [9.17, 15) is 0 Å². The highest BCUT2D eigenvalue weighted by molar-refractivity contribution is 6.33. The minimum absolute atomic E-state index is 0.109. The Morgan fingerprint density at radius 2 is 0.958 bits per heavy atom. The van der Waals surface area contributed by atoms with Crippen LogP contribution in [0, 0.1) is 0 Å². The summed E-state index contributed by atoms with van der Waals surface area (Å²) in [4.78, 5) is 0. The Morgan fingerprint density at radius 1 is 0.417 bits per heavy atom. The molecule has 0 fully saturated rings. The molecule has 2 heteroatoms. The van der Waals surface area contributed by atoms with Gasteiger partial charge in [-0.05, 0) is 99.5 Å². The lowest BCUT2D eigenvalue weighted by Crippen LogP contribution is -2.33. The zero-order chi connectivity index (χ0) is 32.4. The maximum Gasteiger partial charge on any atom is 0.0549 e. The van der Waals surface area contributed by atoms with Gasteiger partial charge in [-0.3, -0.25) is 0 Å². The third-order valence-electron chi connectivity index (χ3n) is 11.5. The molecule has 2 heterocycles. The summed E-state index contributed by atoms with van der Waals surface area (Å²) in [5.74, 6) is 0. The summed E-state index contributed by atoms with van der Waals surface area (Å²) < 4.78 is 5.05.